The molecule has 2 aromatic carbocycles. The van der Waals surface area contributed by atoms with Gasteiger partial charge in [0.05, 0.1) is 11.1 Å². The predicted octanol–water partition coefficient (Wildman–Crippen LogP) is 2.98. The molecule has 0 spiro atoms. The maximum absolute atomic E-state index is 12.8. The van der Waals surface area contributed by atoms with Crippen molar-refractivity contribution in [3.05, 3.63) is 65.2 Å². The quantitative estimate of drug-likeness (QED) is 0.778. The van der Waals surface area contributed by atoms with Gasteiger partial charge < -0.3 is 10.3 Å². The first kappa shape index (κ1) is 14.3. The highest BCUT2D eigenvalue weighted by atomic mass is 19.1. The Bertz CT molecular complexity index is 808. The van der Waals surface area contributed by atoms with Gasteiger partial charge in [0.25, 0.3) is 5.91 Å². The highest BCUT2D eigenvalue weighted by Gasteiger charge is 2.12. The first-order valence-corrected chi connectivity index (χ1v) is 7.11. The summed E-state index contributed by atoms with van der Waals surface area (Å²) in [6.45, 7) is 2.35. The Morgan fingerprint density at radius 3 is 2.77 bits per heavy atom. The lowest BCUT2D eigenvalue weighted by molar-refractivity contribution is 0.0955. The van der Waals surface area contributed by atoms with Crippen LogP contribution in [0.15, 0.2) is 42.5 Å². The van der Waals surface area contributed by atoms with Crippen molar-refractivity contribution in [3.8, 4) is 0 Å². The van der Waals surface area contributed by atoms with Crippen LogP contribution < -0.4 is 5.32 Å². The van der Waals surface area contributed by atoms with Gasteiger partial charge in [0, 0.05) is 6.54 Å². The largest absolute Gasteiger partial charge is 0.352 e. The molecular formula is C17H16FN3O. The van der Waals surface area contributed by atoms with Gasteiger partial charge in [-0.05, 0) is 43.2 Å². The molecule has 0 unspecified atom stereocenters. The summed E-state index contributed by atoms with van der Waals surface area (Å²) in [5, 5.41) is 2.88. The summed E-state index contributed by atoms with van der Waals surface area (Å²) in [4.78, 5) is 19.8. The standard InChI is InChI=1S/C17H16FN3O/c1-11-20-15-4-2-3-14(16(15)21-11)17(22)19-10-9-12-5-7-13(18)8-6-12/h2-8H,9-10H2,1H3,(H,19,22)(H,20,21). The van der Waals surface area contributed by atoms with Crippen LogP contribution in [-0.2, 0) is 6.42 Å². The van der Waals surface area contributed by atoms with E-state index in [0.29, 0.717) is 24.0 Å². The number of para-hydroxylation sites is 1. The lowest BCUT2D eigenvalue weighted by atomic mass is 10.1. The van der Waals surface area contributed by atoms with Gasteiger partial charge >= 0.3 is 0 Å². The predicted molar refractivity (Wildman–Crippen MR) is 83.3 cm³/mol. The zero-order chi connectivity index (χ0) is 15.5. The number of aryl methyl sites for hydroxylation is 1. The third-order valence-corrected chi connectivity index (χ3v) is 3.49. The normalized spacial score (nSPS) is 10.8. The highest BCUT2D eigenvalue weighted by molar-refractivity contribution is 6.04. The molecule has 112 valence electrons. The molecule has 5 heteroatoms. The molecule has 22 heavy (non-hydrogen) atoms. The second kappa shape index (κ2) is 5.97. The minimum Gasteiger partial charge on any atom is -0.352 e. The van der Waals surface area contributed by atoms with Gasteiger partial charge in [-0.15, -0.1) is 0 Å². The zero-order valence-electron chi connectivity index (χ0n) is 12.2. The molecule has 0 atom stereocenters. The number of fused-ring (bicyclic) bond motifs is 1. The van der Waals surface area contributed by atoms with E-state index in [9.17, 15) is 9.18 Å². The molecule has 0 bridgehead atoms. The van der Waals surface area contributed by atoms with Gasteiger partial charge in [0.15, 0.2) is 0 Å². The SMILES string of the molecule is Cc1nc2c(C(=O)NCCc3ccc(F)cc3)cccc2[nH]1. The molecule has 3 rings (SSSR count). The van der Waals surface area contributed by atoms with Crippen LogP contribution in [0.4, 0.5) is 4.39 Å². The van der Waals surface area contributed by atoms with E-state index in [-0.39, 0.29) is 11.7 Å². The molecule has 0 saturated heterocycles. The van der Waals surface area contributed by atoms with Crippen molar-refractivity contribution >= 4 is 16.9 Å². The number of benzene rings is 2. The average Bonchev–Trinajstić information content (AvgIpc) is 2.89. The Morgan fingerprint density at radius 2 is 2.00 bits per heavy atom. The number of halogens is 1. The third-order valence-electron chi connectivity index (χ3n) is 3.49. The van der Waals surface area contributed by atoms with Gasteiger partial charge in [0.2, 0.25) is 0 Å². The average molecular weight is 297 g/mol. The Balaban J connectivity index is 1.67. The first-order valence-electron chi connectivity index (χ1n) is 7.11. The number of hydrogen-bond acceptors (Lipinski definition) is 2. The zero-order valence-corrected chi connectivity index (χ0v) is 12.2. The van der Waals surface area contributed by atoms with E-state index in [0.717, 1.165) is 16.9 Å². The number of amides is 1. The van der Waals surface area contributed by atoms with Crippen LogP contribution in [-0.4, -0.2) is 22.4 Å². The maximum Gasteiger partial charge on any atom is 0.253 e. The van der Waals surface area contributed by atoms with Crippen molar-refractivity contribution in [1.82, 2.24) is 15.3 Å². The number of H-pyrrole nitrogens is 1. The van der Waals surface area contributed by atoms with Crippen molar-refractivity contribution in [2.45, 2.75) is 13.3 Å². The molecule has 0 fully saturated rings. The summed E-state index contributed by atoms with van der Waals surface area (Å²) in [7, 11) is 0. The summed E-state index contributed by atoms with van der Waals surface area (Å²) in [5.41, 5.74) is 3.07. The molecule has 1 heterocycles. The Labute approximate surface area is 127 Å². The lowest BCUT2D eigenvalue weighted by Crippen LogP contribution is -2.25. The minimum absolute atomic E-state index is 0.154. The fourth-order valence-electron chi connectivity index (χ4n) is 2.41. The maximum atomic E-state index is 12.8. The van der Waals surface area contributed by atoms with E-state index in [2.05, 4.69) is 15.3 Å². The van der Waals surface area contributed by atoms with Crippen molar-refractivity contribution in [2.24, 2.45) is 0 Å². The van der Waals surface area contributed by atoms with E-state index >= 15 is 0 Å². The number of hydrogen-bond donors (Lipinski definition) is 2. The first-order chi connectivity index (χ1) is 10.6. The molecular weight excluding hydrogens is 281 g/mol. The fraction of sp³-hybridized carbons (Fsp3) is 0.176. The van der Waals surface area contributed by atoms with E-state index in [4.69, 9.17) is 0 Å². The monoisotopic (exact) mass is 297 g/mol. The summed E-state index contributed by atoms with van der Waals surface area (Å²) < 4.78 is 12.8. The smallest absolute Gasteiger partial charge is 0.253 e. The van der Waals surface area contributed by atoms with Crippen LogP contribution in [0.25, 0.3) is 11.0 Å². The van der Waals surface area contributed by atoms with Gasteiger partial charge in [-0.2, -0.15) is 0 Å². The second-order valence-corrected chi connectivity index (χ2v) is 5.16. The number of carbonyl (C=O) groups is 1. The number of nitrogens with zero attached hydrogens (tertiary/aromatic N) is 1. The van der Waals surface area contributed by atoms with Crippen LogP contribution in [0.5, 0.6) is 0 Å². The molecule has 0 aliphatic rings. The van der Waals surface area contributed by atoms with Crippen molar-refractivity contribution < 1.29 is 9.18 Å². The van der Waals surface area contributed by atoms with E-state index in [1.165, 1.54) is 12.1 Å². The molecule has 0 aliphatic heterocycles. The third kappa shape index (κ3) is 2.98. The van der Waals surface area contributed by atoms with Crippen LogP contribution in [0.3, 0.4) is 0 Å². The summed E-state index contributed by atoms with van der Waals surface area (Å²) in [6, 6.07) is 11.8. The summed E-state index contributed by atoms with van der Waals surface area (Å²) >= 11 is 0. The summed E-state index contributed by atoms with van der Waals surface area (Å²) in [5.74, 6) is 0.370. The number of nitrogens with one attached hydrogen (secondary N) is 2. The molecule has 2 N–H and O–H groups in total. The fourth-order valence-corrected chi connectivity index (χ4v) is 2.41. The Kier molecular flexibility index (Phi) is 3.87. The number of aromatic nitrogens is 2. The molecule has 0 radical (unpaired) electrons. The van der Waals surface area contributed by atoms with E-state index in [1.54, 1.807) is 18.2 Å². The molecule has 1 aromatic heterocycles. The van der Waals surface area contributed by atoms with Crippen LogP contribution in [0.2, 0.25) is 0 Å². The second-order valence-electron chi connectivity index (χ2n) is 5.16. The van der Waals surface area contributed by atoms with Crippen LogP contribution in [0.1, 0.15) is 21.7 Å². The van der Waals surface area contributed by atoms with Crippen LogP contribution in [0, 0.1) is 12.7 Å². The molecule has 3 aromatic rings. The summed E-state index contributed by atoms with van der Waals surface area (Å²) in [6.07, 6.45) is 0.654. The molecule has 0 saturated carbocycles. The van der Waals surface area contributed by atoms with Gasteiger partial charge in [-0.1, -0.05) is 18.2 Å². The van der Waals surface area contributed by atoms with Gasteiger partial charge in [0.1, 0.15) is 17.2 Å². The topological polar surface area (TPSA) is 57.8 Å². The van der Waals surface area contributed by atoms with E-state index < -0.39 is 0 Å². The van der Waals surface area contributed by atoms with Crippen LogP contribution >= 0.6 is 0 Å². The molecule has 4 nitrogen and oxygen atoms in total. The van der Waals surface area contributed by atoms with Crippen molar-refractivity contribution in [1.29, 1.82) is 0 Å². The minimum atomic E-state index is -0.256. The van der Waals surface area contributed by atoms with Crippen molar-refractivity contribution in [2.75, 3.05) is 6.54 Å². The molecule has 1 amide bonds. The number of imidazole rings is 1. The Hall–Kier alpha value is -2.69. The van der Waals surface area contributed by atoms with Gasteiger partial charge in [-0.25, -0.2) is 9.37 Å². The number of rotatable bonds is 4. The van der Waals surface area contributed by atoms with Gasteiger partial charge in [-0.3, -0.25) is 4.79 Å². The highest BCUT2D eigenvalue weighted by Crippen LogP contribution is 2.16. The number of aromatic amines is 1. The molecule has 0 aliphatic carbocycles. The Morgan fingerprint density at radius 1 is 1.23 bits per heavy atom. The van der Waals surface area contributed by atoms with E-state index in [1.807, 2.05) is 19.1 Å². The number of carbonyl (C=O) groups excluding carboxylic acids is 1. The van der Waals surface area contributed by atoms with Crippen molar-refractivity contribution in [3.63, 3.8) is 0 Å². The lowest BCUT2D eigenvalue weighted by Gasteiger charge is -2.06.